The van der Waals surface area contributed by atoms with Crippen molar-refractivity contribution >= 4 is 34.3 Å². The van der Waals surface area contributed by atoms with Gasteiger partial charge in [-0.25, -0.2) is 0 Å². The van der Waals surface area contributed by atoms with E-state index in [1.54, 1.807) is 12.1 Å². The number of aldehydes is 1. The van der Waals surface area contributed by atoms with Gasteiger partial charge in [-0.3, -0.25) is 9.59 Å². The van der Waals surface area contributed by atoms with Crippen molar-refractivity contribution < 1.29 is 18.4 Å². The molecule has 0 spiro atoms. The monoisotopic (exact) mass is 346 g/mol. The van der Waals surface area contributed by atoms with E-state index in [2.05, 4.69) is 0 Å². The number of carbonyl (C=O) groups is 1. The number of benzene rings is 2. The fourth-order valence-electron chi connectivity index (χ4n) is 3.08. The van der Waals surface area contributed by atoms with Crippen LogP contribution in [0, 0.1) is 0 Å². The molecule has 2 aromatic carbocycles. The topological polar surface area (TPSA) is 69.7 Å². The molecule has 2 heterocycles. The third kappa shape index (κ3) is 2.41. The summed E-state index contributed by atoms with van der Waals surface area (Å²) in [7, 11) is 1.49. The summed E-state index contributed by atoms with van der Waals surface area (Å²) >= 11 is 0. The van der Waals surface area contributed by atoms with Gasteiger partial charge in [0, 0.05) is 11.6 Å². The van der Waals surface area contributed by atoms with Crippen molar-refractivity contribution in [3.8, 4) is 17.1 Å². The Morgan fingerprint density at radius 3 is 2.62 bits per heavy atom. The maximum atomic E-state index is 12.9. The number of methoxy groups -OCH3 is 1. The lowest BCUT2D eigenvalue weighted by Crippen LogP contribution is -2.04. The molecule has 26 heavy (non-hydrogen) atoms. The highest BCUT2D eigenvalue weighted by molar-refractivity contribution is 6.08. The first-order valence-electron chi connectivity index (χ1n) is 7.97. The number of furan rings is 1. The Kier molecular flexibility index (Phi) is 3.89. The molecule has 0 radical (unpaired) electrons. The molecule has 0 aliphatic rings. The number of fused-ring (bicyclic) bond motifs is 2. The number of ether oxygens (including phenoxy) is 1. The third-order valence-corrected chi connectivity index (χ3v) is 4.18. The minimum atomic E-state index is -0.231. The van der Waals surface area contributed by atoms with Gasteiger partial charge in [-0.1, -0.05) is 30.3 Å². The fourth-order valence-corrected chi connectivity index (χ4v) is 3.08. The second kappa shape index (κ2) is 6.37. The Hall–Kier alpha value is -3.60. The molecule has 0 aliphatic carbocycles. The minimum absolute atomic E-state index is 0.231. The Labute approximate surface area is 148 Å². The second-order valence-corrected chi connectivity index (χ2v) is 5.65. The molecule has 0 aliphatic heterocycles. The number of hydrogen-bond donors (Lipinski definition) is 0. The van der Waals surface area contributed by atoms with Crippen LogP contribution in [0.15, 0.2) is 68.4 Å². The number of allylic oxidation sites excluding steroid dienone is 1. The number of hydrogen-bond acceptors (Lipinski definition) is 5. The summed E-state index contributed by atoms with van der Waals surface area (Å²) in [5.41, 5.74) is 1.86. The molecule has 0 atom stereocenters. The van der Waals surface area contributed by atoms with E-state index in [0.29, 0.717) is 45.3 Å². The molecule has 2 aromatic heterocycles. The third-order valence-electron chi connectivity index (χ3n) is 4.18. The van der Waals surface area contributed by atoms with Gasteiger partial charge in [0.05, 0.1) is 24.3 Å². The number of carbonyl (C=O) groups excluding carboxylic acids is 1. The molecule has 0 bridgehead atoms. The Bertz CT molecular complexity index is 1200. The molecule has 0 amide bonds. The second-order valence-electron chi connectivity index (χ2n) is 5.65. The van der Waals surface area contributed by atoms with Crippen LogP contribution in [-0.2, 0) is 4.79 Å². The quantitative estimate of drug-likeness (QED) is 0.404. The van der Waals surface area contributed by atoms with Gasteiger partial charge in [0.15, 0.2) is 11.0 Å². The molecular weight excluding hydrogens is 332 g/mol. The van der Waals surface area contributed by atoms with E-state index in [1.807, 2.05) is 30.3 Å². The summed E-state index contributed by atoms with van der Waals surface area (Å²) in [5, 5.41) is 0.956. The van der Waals surface area contributed by atoms with E-state index >= 15 is 0 Å². The van der Waals surface area contributed by atoms with Crippen molar-refractivity contribution in [1.82, 2.24) is 0 Å². The van der Waals surface area contributed by atoms with E-state index in [-0.39, 0.29) is 5.43 Å². The van der Waals surface area contributed by atoms with Crippen LogP contribution in [-0.4, -0.2) is 13.4 Å². The van der Waals surface area contributed by atoms with E-state index < -0.39 is 0 Å². The minimum Gasteiger partial charge on any atom is -0.495 e. The summed E-state index contributed by atoms with van der Waals surface area (Å²) in [6.07, 6.45) is 5.06. The van der Waals surface area contributed by atoms with Crippen LogP contribution in [0.2, 0.25) is 0 Å². The van der Waals surface area contributed by atoms with Crippen LogP contribution in [0.1, 0.15) is 5.56 Å². The molecular formula is C21H14O5. The summed E-state index contributed by atoms with van der Waals surface area (Å²) < 4.78 is 17.1. The average molecular weight is 346 g/mol. The van der Waals surface area contributed by atoms with Gasteiger partial charge in [0.2, 0.25) is 0 Å². The van der Waals surface area contributed by atoms with Crippen LogP contribution in [0.5, 0.6) is 5.75 Å². The predicted molar refractivity (Wildman–Crippen MR) is 99.3 cm³/mol. The standard InChI is InChI=1S/C21H14O5/c1-24-20-15-9-11-25-19(15)14(8-5-10-22)21-18(20)16(23)12-17(26-21)13-6-3-2-4-7-13/h2-12H,1H3/b8-5+. The van der Waals surface area contributed by atoms with E-state index in [0.717, 1.165) is 5.56 Å². The Morgan fingerprint density at radius 1 is 1.08 bits per heavy atom. The zero-order chi connectivity index (χ0) is 18.1. The molecule has 128 valence electrons. The van der Waals surface area contributed by atoms with Crippen molar-refractivity contribution in [2.45, 2.75) is 0 Å². The maximum absolute atomic E-state index is 12.9. The van der Waals surface area contributed by atoms with Gasteiger partial charge < -0.3 is 13.6 Å². The van der Waals surface area contributed by atoms with Crippen LogP contribution in [0.3, 0.4) is 0 Å². The first-order valence-corrected chi connectivity index (χ1v) is 7.97. The van der Waals surface area contributed by atoms with E-state index in [4.69, 9.17) is 13.6 Å². The lowest BCUT2D eigenvalue weighted by Gasteiger charge is -2.10. The summed E-state index contributed by atoms with van der Waals surface area (Å²) in [4.78, 5) is 23.7. The van der Waals surface area contributed by atoms with Crippen LogP contribution >= 0.6 is 0 Å². The molecule has 0 saturated heterocycles. The summed E-state index contributed by atoms with van der Waals surface area (Å²) in [6, 6.07) is 12.5. The molecule has 0 saturated carbocycles. The molecule has 0 N–H and O–H groups in total. The van der Waals surface area contributed by atoms with E-state index in [1.165, 1.54) is 25.5 Å². The van der Waals surface area contributed by atoms with Crippen molar-refractivity contribution in [1.29, 1.82) is 0 Å². The van der Waals surface area contributed by atoms with Gasteiger partial charge in [-0.05, 0) is 18.2 Å². The van der Waals surface area contributed by atoms with Crippen LogP contribution in [0.4, 0.5) is 0 Å². The first-order chi connectivity index (χ1) is 12.7. The van der Waals surface area contributed by atoms with Gasteiger partial charge in [0.1, 0.15) is 28.8 Å². The van der Waals surface area contributed by atoms with Gasteiger partial charge in [0.25, 0.3) is 0 Å². The predicted octanol–water partition coefficient (Wildman–Crippen LogP) is 4.43. The Morgan fingerprint density at radius 2 is 1.88 bits per heavy atom. The van der Waals surface area contributed by atoms with Crippen molar-refractivity contribution in [3.63, 3.8) is 0 Å². The highest BCUT2D eigenvalue weighted by Crippen LogP contribution is 2.39. The maximum Gasteiger partial charge on any atom is 0.197 e. The van der Waals surface area contributed by atoms with Gasteiger partial charge in [-0.2, -0.15) is 0 Å². The normalized spacial score (nSPS) is 11.4. The highest BCUT2D eigenvalue weighted by atomic mass is 16.5. The molecule has 0 fully saturated rings. The lowest BCUT2D eigenvalue weighted by molar-refractivity contribution is -0.104. The first kappa shape index (κ1) is 15.9. The van der Waals surface area contributed by atoms with Crippen molar-refractivity contribution in [3.05, 3.63) is 70.6 Å². The molecule has 4 rings (SSSR count). The highest BCUT2D eigenvalue weighted by Gasteiger charge is 2.21. The molecule has 5 heteroatoms. The van der Waals surface area contributed by atoms with E-state index in [9.17, 15) is 9.59 Å². The van der Waals surface area contributed by atoms with Gasteiger partial charge in [-0.15, -0.1) is 0 Å². The largest absolute Gasteiger partial charge is 0.495 e. The molecule has 5 nitrogen and oxygen atoms in total. The van der Waals surface area contributed by atoms with Crippen LogP contribution in [0.25, 0.3) is 39.3 Å². The SMILES string of the molecule is COc1c2ccoc2c(/C=C/C=O)c2oc(-c3ccccc3)cc(=O)c12. The zero-order valence-corrected chi connectivity index (χ0v) is 13.9. The Balaban J connectivity index is 2.18. The lowest BCUT2D eigenvalue weighted by atomic mass is 10.0. The molecule has 4 aromatic rings. The number of rotatable bonds is 4. The van der Waals surface area contributed by atoms with Crippen LogP contribution < -0.4 is 10.2 Å². The summed E-state index contributed by atoms with van der Waals surface area (Å²) in [5.74, 6) is 0.817. The smallest absolute Gasteiger partial charge is 0.197 e. The van der Waals surface area contributed by atoms with Gasteiger partial charge >= 0.3 is 0 Å². The fraction of sp³-hybridized carbons (Fsp3) is 0.0476. The average Bonchev–Trinajstić information content (AvgIpc) is 3.15. The van der Waals surface area contributed by atoms with Crippen molar-refractivity contribution in [2.75, 3.05) is 7.11 Å². The molecule has 0 unspecified atom stereocenters. The van der Waals surface area contributed by atoms with Crippen molar-refractivity contribution in [2.24, 2.45) is 0 Å². The summed E-state index contributed by atoms with van der Waals surface area (Å²) in [6.45, 7) is 0. The zero-order valence-electron chi connectivity index (χ0n) is 13.9.